The Morgan fingerprint density at radius 2 is 1.62 bits per heavy atom. The van der Waals surface area contributed by atoms with Gasteiger partial charge in [0.25, 0.3) is 15.6 Å². The van der Waals surface area contributed by atoms with Gasteiger partial charge in [-0.2, -0.15) is 13.0 Å². The van der Waals surface area contributed by atoms with Crippen molar-refractivity contribution in [3.63, 3.8) is 0 Å². The van der Waals surface area contributed by atoms with Crippen LogP contribution in [0, 0.1) is 0 Å². The van der Waals surface area contributed by atoms with Gasteiger partial charge in [-0.1, -0.05) is 72.9 Å². The number of hydrogen-bond acceptors (Lipinski definition) is 5. The van der Waals surface area contributed by atoms with Gasteiger partial charge >= 0.3 is 5.89 Å². The Bertz CT molecular complexity index is 1670. The predicted octanol–water partition coefficient (Wildman–Crippen LogP) is 7.42. The molecule has 3 aromatic carbocycles. The second-order valence-corrected chi connectivity index (χ2v) is 12.2. The monoisotopic (exact) mass is 600 g/mol. The lowest BCUT2D eigenvalue weighted by molar-refractivity contribution is -0.678. The van der Waals surface area contributed by atoms with Crippen LogP contribution in [-0.2, 0) is 16.7 Å². The lowest BCUT2D eigenvalue weighted by atomic mass is 10.1. The molecule has 0 radical (unpaired) electrons. The van der Waals surface area contributed by atoms with E-state index >= 15 is 0 Å². The summed E-state index contributed by atoms with van der Waals surface area (Å²) in [6.07, 6.45) is 4.23. The molecule has 0 atom stereocenters. The van der Waals surface area contributed by atoms with Crippen molar-refractivity contribution in [1.82, 2.24) is 0 Å². The number of unbranched alkanes of at least 4 members (excludes halogenated alkanes) is 1. The van der Waals surface area contributed by atoms with Crippen LogP contribution >= 0.6 is 23.2 Å². The summed E-state index contributed by atoms with van der Waals surface area (Å²) in [6.45, 7) is 5.96. The number of halogens is 2. The average molecular weight is 602 g/mol. The number of fused-ring (bicyclic) bond motifs is 2. The minimum Gasteiger partial charge on any atom is -0.398 e. The first kappa shape index (κ1) is 28.5. The zero-order chi connectivity index (χ0) is 28.4. The summed E-state index contributed by atoms with van der Waals surface area (Å²) in [6, 6.07) is 20.1. The molecule has 0 saturated heterocycles. The standard InChI is InChI=1S/C30H31Cl2N3O4S/c1-3-5-14-35-27-17-22(21-10-7-6-8-11-21)12-13-28(27)39-30(35)20-29-33(4-2)25-18-23(31)24(32)19-26(25)34(29)15-9-16-40(36,37)38/h6-8,10-13,17-20H,3-5,9,14-16H2,1-2H3/p+1. The maximum atomic E-state index is 11.5. The van der Waals surface area contributed by atoms with Gasteiger partial charge < -0.3 is 14.2 Å². The van der Waals surface area contributed by atoms with Crippen LogP contribution < -0.4 is 14.4 Å². The van der Waals surface area contributed by atoms with Gasteiger partial charge in [-0.15, -0.1) is 0 Å². The fourth-order valence-electron chi connectivity index (χ4n) is 5.15. The van der Waals surface area contributed by atoms with Crippen molar-refractivity contribution in [2.45, 2.75) is 39.7 Å². The number of benzene rings is 3. The van der Waals surface area contributed by atoms with Crippen molar-refractivity contribution in [2.24, 2.45) is 0 Å². The van der Waals surface area contributed by atoms with E-state index in [1.807, 2.05) is 48.2 Å². The van der Waals surface area contributed by atoms with E-state index in [-0.39, 0.29) is 12.2 Å². The Morgan fingerprint density at radius 1 is 0.925 bits per heavy atom. The zero-order valence-electron chi connectivity index (χ0n) is 22.5. The Morgan fingerprint density at radius 3 is 2.27 bits per heavy atom. The quantitative estimate of drug-likeness (QED) is 0.151. The number of aromatic nitrogens is 1. The third-order valence-corrected chi connectivity index (χ3v) is 8.60. The molecule has 4 aromatic rings. The van der Waals surface area contributed by atoms with Gasteiger partial charge in [0.2, 0.25) is 5.58 Å². The molecule has 0 aliphatic carbocycles. The van der Waals surface area contributed by atoms with Crippen molar-refractivity contribution in [3.05, 3.63) is 82.4 Å². The van der Waals surface area contributed by atoms with Crippen molar-refractivity contribution < 1.29 is 22.0 Å². The van der Waals surface area contributed by atoms with Crippen LogP contribution in [0.3, 0.4) is 0 Å². The fourth-order valence-corrected chi connectivity index (χ4v) is 5.96. The molecule has 1 aliphatic rings. The van der Waals surface area contributed by atoms with Crippen LogP contribution in [0.25, 0.3) is 28.3 Å². The zero-order valence-corrected chi connectivity index (χ0v) is 24.8. The van der Waals surface area contributed by atoms with Crippen molar-refractivity contribution in [2.75, 3.05) is 28.6 Å². The molecule has 1 aromatic heterocycles. The van der Waals surface area contributed by atoms with E-state index in [0.717, 1.165) is 58.8 Å². The van der Waals surface area contributed by atoms with E-state index in [0.29, 0.717) is 29.0 Å². The minimum absolute atomic E-state index is 0.226. The molecular formula is C30H32Cl2N3O4S+. The number of nitrogens with zero attached hydrogens (tertiary/aromatic N) is 3. The average Bonchev–Trinajstić information content (AvgIpc) is 3.41. The van der Waals surface area contributed by atoms with E-state index in [1.165, 1.54) is 0 Å². The molecule has 0 fully saturated rings. The highest BCUT2D eigenvalue weighted by atomic mass is 35.5. The summed E-state index contributed by atoms with van der Waals surface area (Å²) in [4.78, 5) is 4.12. The molecule has 1 aliphatic heterocycles. The smallest absolute Gasteiger partial charge is 0.377 e. The summed E-state index contributed by atoms with van der Waals surface area (Å²) in [5.74, 6) is 1.16. The molecule has 5 rings (SSSR count). The third-order valence-electron chi connectivity index (χ3n) is 7.08. The molecule has 7 nitrogen and oxygen atoms in total. The molecular weight excluding hydrogens is 569 g/mol. The molecule has 40 heavy (non-hydrogen) atoms. The van der Waals surface area contributed by atoms with E-state index in [4.69, 9.17) is 27.6 Å². The summed E-state index contributed by atoms with van der Waals surface area (Å²) < 4.78 is 40.9. The van der Waals surface area contributed by atoms with Crippen LogP contribution in [0.4, 0.5) is 11.4 Å². The maximum Gasteiger partial charge on any atom is 0.377 e. The number of oxazole rings is 1. The summed E-state index contributed by atoms with van der Waals surface area (Å²) in [5, 5.41) is 0.848. The highest BCUT2D eigenvalue weighted by Crippen LogP contribution is 2.46. The highest BCUT2D eigenvalue weighted by Gasteiger charge is 2.34. The molecule has 210 valence electrons. The molecule has 0 amide bonds. The third kappa shape index (κ3) is 5.86. The lowest BCUT2D eigenvalue weighted by Gasteiger charge is -2.23. The summed E-state index contributed by atoms with van der Waals surface area (Å²) in [7, 11) is -4.09. The molecule has 2 heterocycles. The predicted molar refractivity (Wildman–Crippen MR) is 163 cm³/mol. The number of rotatable bonds is 10. The van der Waals surface area contributed by atoms with E-state index < -0.39 is 10.1 Å². The Kier molecular flexibility index (Phi) is 8.42. The second-order valence-electron chi connectivity index (χ2n) is 9.79. The number of aryl methyl sites for hydroxylation is 1. The molecule has 0 spiro atoms. The van der Waals surface area contributed by atoms with Gasteiger partial charge in [-0.3, -0.25) is 4.55 Å². The van der Waals surface area contributed by atoms with Crippen LogP contribution in [0.2, 0.25) is 10.0 Å². The molecule has 10 heteroatoms. The van der Waals surface area contributed by atoms with Crippen molar-refractivity contribution >= 4 is 61.9 Å². The Hall–Kier alpha value is -3.04. The lowest BCUT2D eigenvalue weighted by Crippen LogP contribution is -2.36. The normalized spacial score (nSPS) is 14.5. The minimum atomic E-state index is -4.09. The van der Waals surface area contributed by atoms with E-state index in [1.54, 1.807) is 6.07 Å². The second kappa shape index (κ2) is 11.8. The SMILES string of the molecule is CCCC[n+]1c(C=C2N(CC)c3cc(Cl)c(Cl)cc3N2CCCS(=O)(=O)O)oc2ccc(-c3ccccc3)cc21. The molecule has 0 bridgehead atoms. The molecule has 0 unspecified atom stereocenters. The van der Waals surface area contributed by atoms with Crippen molar-refractivity contribution in [1.29, 1.82) is 0 Å². The van der Waals surface area contributed by atoms with Gasteiger partial charge in [0.15, 0.2) is 6.54 Å². The number of hydrogen-bond donors (Lipinski definition) is 1. The first-order valence-corrected chi connectivity index (χ1v) is 15.8. The topological polar surface area (TPSA) is 77.9 Å². The van der Waals surface area contributed by atoms with Gasteiger partial charge in [0.05, 0.1) is 33.2 Å². The Labute approximate surface area is 245 Å². The fraction of sp³-hybridized carbons (Fsp3) is 0.300. The van der Waals surface area contributed by atoms with Crippen LogP contribution in [-0.4, -0.2) is 31.8 Å². The number of anilines is 2. The van der Waals surface area contributed by atoms with Gasteiger partial charge in [0, 0.05) is 25.6 Å². The highest BCUT2D eigenvalue weighted by molar-refractivity contribution is 7.85. The maximum absolute atomic E-state index is 11.5. The van der Waals surface area contributed by atoms with E-state index in [9.17, 15) is 13.0 Å². The first-order chi connectivity index (χ1) is 19.2. The first-order valence-electron chi connectivity index (χ1n) is 13.4. The van der Waals surface area contributed by atoms with Gasteiger partial charge in [-0.05, 0) is 42.7 Å². The Balaban J connectivity index is 1.64. The van der Waals surface area contributed by atoms with Gasteiger partial charge in [0.1, 0.15) is 5.82 Å². The van der Waals surface area contributed by atoms with Crippen LogP contribution in [0.1, 0.15) is 39.0 Å². The largest absolute Gasteiger partial charge is 0.398 e. The van der Waals surface area contributed by atoms with Crippen LogP contribution in [0.5, 0.6) is 0 Å². The van der Waals surface area contributed by atoms with Gasteiger partial charge in [-0.25, -0.2) is 0 Å². The molecule has 1 N–H and O–H groups in total. The van der Waals surface area contributed by atoms with Crippen molar-refractivity contribution in [3.8, 4) is 11.1 Å². The summed E-state index contributed by atoms with van der Waals surface area (Å²) >= 11 is 12.8. The summed E-state index contributed by atoms with van der Waals surface area (Å²) in [5.41, 5.74) is 5.72. The molecule has 0 saturated carbocycles. The van der Waals surface area contributed by atoms with E-state index in [2.05, 4.69) is 40.7 Å². The van der Waals surface area contributed by atoms with Crippen LogP contribution in [0.15, 0.2) is 70.9 Å².